The van der Waals surface area contributed by atoms with Gasteiger partial charge in [0.2, 0.25) is 5.91 Å². The number of amides is 1. The van der Waals surface area contributed by atoms with Crippen molar-refractivity contribution in [2.24, 2.45) is 5.73 Å². The van der Waals surface area contributed by atoms with Crippen molar-refractivity contribution >= 4 is 27.6 Å². The maximum atomic E-state index is 13.5. The average Bonchev–Trinajstić information content (AvgIpc) is 2.55. The van der Waals surface area contributed by atoms with Crippen molar-refractivity contribution in [2.75, 3.05) is 10.8 Å². The molecule has 0 saturated heterocycles. The molecule has 0 spiro atoms. The summed E-state index contributed by atoms with van der Waals surface area (Å²) in [5, 5.41) is 8.98. The summed E-state index contributed by atoms with van der Waals surface area (Å²) >= 11 is 0. The summed E-state index contributed by atoms with van der Waals surface area (Å²) in [6.07, 6.45) is -0.235. The molecule has 0 bridgehead atoms. The number of rotatable bonds is 7. The molecule has 1 amide bonds. The lowest BCUT2D eigenvalue weighted by molar-refractivity contribution is -0.117. The Morgan fingerprint density at radius 3 is 2.32 bits per heavy atom. The van der Waals surface area contributed by atoms with E-state index >= 15 is 0 Å². The van der Waals surface area contributed by atoms with Gasteiger partial charge in [-0.05, 0) is 30.3 Å². The Hall–Kier alpha value is -2.94. The molecule has 0 radical (unpaired) electrons. The molecule has 0 aliphatic rings. The van der Waals surface area contributed by atoms with Crippen LogP contribution >= 0.6 is 0 Å². The van der Waals surface area contributed by atoms with Crippen molar-refractivity contribution < 1.29 is 27.5 Å². The smallest absolute Gasteiger partial charge is 0.338 e. The quantitative estimate of drug-likeness (QED) is 0.772. The van der Waals surface area contributed by atoms with Gasteiger partial charge in [-0.2, -0.15) is 0 Å². The molecule has 7 nitrogen and oxygen atoms in total. The number of nitrogens with two attached hydrogens (primary N) is 1. The number of para-hydroxylation sites is 1. The first kappa shape index (κ1) is 18.4. The Balaban J connectivity index is 2.53. The van der Waals surface area contributed by atoms with E-state index < -0.39 is 38.2 Å². The van der Waals surface area contributed by atoms with Crippen LogP contribution in [0.15, 0.2) is 53.4 Å². The zero-order chi connectivity index (χ0) is 18.6. The van der Waals surface area contributed by atoms with Gasteiger partial charge in [0.05, 0.1) is 16.1 Å². The fourth-order valence-corrected chi connectivity index (χ4v) is 3.64. The van der Waals surface area contributed by atoms with Crippen molar-refractivity contribution in [1.29, 1.82) is 0 Å². The Kier molecular flexibility index (Phi) is 5.38. The van der Waals surface area contributed by atoms with Gasteiger partial charge in [-0.25, -0.2) is 17.6 Å². The van der Waals surface area contributed by atoms with Crippen LogP contribution in [0.2, 0.25) is 0 Å². The van der Waals surface area contributed by atoms with Crippen molar-refractivity contribution in [2.45, 2.75) is 11.3 Å². The van der Waals surface area contributed by atoms with Gasteiger partial charge in [-0.15, -0.1) is 0 Å². The van der Waals surface area contributed by atoms with E-state index in [1.807, 2.05) is 0 Å². The summed E-state index contributed by atoms with van der Waals surface area (Å²) in [4.78, 5) is 21.7. The number of halogens is 1. The number of nitrogens with zero attached hydrogens (tertiary/aromatic N) is 1. The molecule has 9 heteroatoms. The molecular formula is C16H15FN2O5S. The number of sulfonamides is 1. The second-order valence-corrected chi connectivity index (χ2v) is 6.94. The first-order valence-corrected chi connectivity index (χ1v) is 8.56. The molecule has 0 atom stereocenters. The molecule has 132 valence electrons. The van der Waals surface area contributed by atoms with E-state index in [1.54, 1.807) is 18.2 Å². The van der Waals surface area contributed by atoms with E-state index in [4.69, 9.17) is 10.8 Å². The molecule has 25 heavy (non-hydrogen) atoms. The maximum Gasteiger partial charge on any atom is 0.338 e. The van der Waals surface area contributed by atoms with Crippen molar-refractivity contribution in [3.8, 4) is 0 Å². The third-order valence-electron chi connectivity index (χ3n) is 3.36. The predicted octanol–water partition coefficient (Wildman–Crippen LogP) is 1.59. The fraction of sp³-hybridized carbons (Fsp3) is 0.125. The van der Waals surface area contributed by atoms with E-state index in [-0.39, 0.29) is 18.7 Å². The fourth-order valence-electron chi connectivity index (χ4n) is 2.15. The molecule has 2 rings (SSSR count). The van der Waals surface area contributed by atoms with Crippen molar-refractivity contribution in [3.05, 3.63) is 59.9 Å². The monoisotopic (exact) mass is 366 g/mol. The van der Waals surface area contributed by atoms with Crippen LogP contribution < -0.4 is 10.0 Å². The summed E-state index contributed by atoms with van der Waals surface area (Å²) in [6, 6.07) is 10.4. The molecule has 2 aromatic rings. The second kappa shape index (κ2) is 7.31. The van der Waals surface area contributed by atoms with Gasteiger partial charge in [-0.3, -0.25) is 9.10 Å². The molecule has 0 unspecified atom stereocenters. The zero-order valence-electron chi connectivity index (χ0n) is 12.9. The minimum absolute atomic E-state index is 0.235. The molecule has 0 saturated carbocycles. The number of hydrogen-bond acceptors (Lipinski definition) is 4. The number of carboxylic acids is 1. The van der Waals surface area contributed by atoms with Crippen molar-refractivity contribution in [3.63, 3.8) is 0 Å². The number of hydrogen-bond donors (Lipinski definition) is 2. The number of carbonyl (C=O) groups excluding carboxylic acids is 1. The highest BCUT2D eigenvalue weighted by Gasteiger charge is 2.27. The normalized spacial score (nSPS) is 11.1. The number of anilines is 1. The lowest BCUT2D eigenvalue weighted by Gasteiger charge is -2.24. The van der Waals surface area contributed by atoms with Crippen LogP contribution in [0.1, 0.15) is 16.8 Å². The number of carboxylic acid groups (broad SMARTS) is 1. The summed E-state index contributed by atoms with van der Waals surface area (Å²) < 4.78 is 40.2. The van der Waals surface area contributed by atoms with Gasteiger partial charge in [0.25, 0.3) is 10.0 Å². The lowest BCUT2D eigenvalue weighted by Crippen LogP contribution is -2.34. The summed E-state index contributed by atoms with van der Waals surface area (Å²) in [5.74, 6) is -3.32. The highest BCUT2D eigenvalue weighted by atomic mass is 32.2. The molecule has 0 aromatic heterocycles. The molecule has 0 heterocycles. The van der Waals surface area contributed by atoms with Gasteiger partial charge in [0, 0.05) is 13.0 Å². The first-order chi connectivity index (χ1) is 11.7. The van der Waals surface area contributed by atoms with Crippen LogP contribution in [-0.2, 0) is 14.8 Å². The van der Waals surface area contributed by atoms with Crippen LogP contribution in [0.25, 0.3) is 0 Å². The molecule has 2 aromatic carbocycles. The third-order valence-corrected chi connectivity index (χ3v) is 5.19. The molecule has 0 fully saturated rings. The van der Waals surface area contributed by atoms with E-state index in [0.29, 0.717) is 0 Å². The van der Waals surface area contributed by atoms with Crippen molar-refractivity contribution in [1.82, 2.24) is 0 Å². The maximum absolute atomic E-state index is 13.5. The standard InChI is InChI=1S/C16H15FN2O5S/c17-14-7-6-12(10-13(14)16(21)22)25(23,24)19(9-8-15(18)20)11-4-2-1-3-5-11/h1-7,10H,8-9H2,(H2,18,20)(H,21,22). The minimum Gasteiger partial charge on any atom is -0.478 e. The number of carbonyl (C=O) groups is 2. The highest BCUT2D eigenvalue weighted by Crippen LogP contribution is 2.25. The largest absolute Gasteiger partial charge is 0.478 e. The number of benzene rings is 2. The average molecular weight is 366 g/mol. The molecule has 3 N–H and O–H groups in total. The Morgan fingerprint density at radius 1 is 1.12 bits per heavy atom. The summed E-state index contributed by atoms with van der Waals surface area (Å²) in [7, 11) is -4.23. The first-order valence-electron chi connectivity index (χ1n) is 7.12. The topological polar surface area (TPSA) is 118 Å². The van der Waals surface area contributed by atoms with Gasteiger partial charge >= 0.3 is 5.97 Å². The Bertz CT molecular complexity index is 900. The minimum atomic E-state index is -4.23. The van der Waals surface area contributed by atoms with Crippen LogP contribution in [0, 0.1) is 5.82 Å². The van der Waals surface area contributed by atoms with Crippen LogP contribution in [0.4, 0.5) is 10.1 Å². The van der Waals surface area contributed by atoms with E-state index in [0.717, 1.165) is 22.5 Å². The van der Waals surface area contributed by atoms with Crippen LogP contribution in [0.5, 0.6) is 0 Å². The zero-order valence-corrected chi connectivity index (χ0v) is 13.7. The molecule has 0 aliphatic heterocycles. The van der Waals surface area contributed by atoms with Gasteiger partial charge in [0.15, 0.2) is 0 Å². The molecular weight excluding hydrogens is 351 g/mol. The Morgan fingerprint density at radius 2 is 1.76 bits per heavy atom. The lowest BCUT2D eigenvalue weighted by atomic mass is 10.2. The summed E-state index contributed by atoms with van der Waals surface area (Å²) in [6.45, 7) is -0.235. The summed E-state index contributed by atoms with van der Waals surface area (Å²) in [5.41, 5.74) is 4.61. The van der Waals surface area contributed by atoms with E-state index in [2.05, 4.69) is 0 Å². The Labute approximate surface area is 143 Å². The number of primary amides is 1. The van der Waals surface area contributed by atoms with Crippen LogP contribution in [-0.4, -0.2) is 31.9 Å². The van der Waals surface area contributed by atoms with Gasteiger partial charge in [-0.1, -0.05) is 18.2 Å². The van der Waals surface area contributed by atoms with E-state index in [9.17, 15) is 22.4 Å². The molecule has 0 aliphatic carbocycles. The van der Waals surface area contributed by atoms with Gasteiger partial charge < -0.3 is 10.8 Å². The SMILES string of the molecule is NC(=O)CCN(c1ccccc1)S(=O)(=O)c1ccc(F)c(C(=O)O)c1. The van der Waals surface area contributed by atoms with Crippen LogP contribution in [0.3, 0.4) is 0 Å². The third kappa shape index (κ3) is 4.13. The number of aromatic carboxylic acids is 1. The van der Waals surface area contributed by atoms with E-state index in [1.165, 1.54) is 12.1 Å². The highest BCUT2D eigenvalue weighted by molar-refractivity contribution is 7.92. The van der Waals surface area contributed by atoms with Gasteiger partial charge in [0.1, 0.15) is 5.82 Å². The predicted molar refractivity (Wildman–Crippen MR) is 88.1 cm³/mol. The second-order valence-electron chi connectivity index (χ2n) is 5.08.